The van der Waals surface area contributed by atoms with Gasteiger partial charge >= 0.3 is 0 Å². The summed E-state index contributed by atoms with van der Waals surface area (Å²) in [5.74, 6) is 0.896. The van der Waals surface area contributed by atoms with Crippen molar-refractivity contribution in [3.63, 3.8) is 0 Å². The predicted octanol–water partition coefficient (Wildman–Crippen LogP) is 4.06. The van der Waals surface area contributed by atoms with E-state index in [-0.39, 0.29) is 0 Å². The van der Waals surface area contributed by atoms with Gasteiger partial charge in [0.15, 0.2) is 0 Å². The van der Waals surface area contributed by atoms with Crippen molar-refractivity contribution < 1.29 is 0 Å². The normalized spacial score (nSPS) is 30.5. The zero-order valence-corrected chi connectivity index (χ0v) is 14.0. The van der Waals surface area contributed by atoms with Gasteiger partial charge in [-0.3, -0.25) is 4.90 Å². The third kappa shape index (κ3) is 5.07. The maximum Gasteiger partial charge on any atom is 0.0278 e. The molecule has 3 atom stereocenters. The highest BCUT2D eigenvalue weighted by molar-refractivity contribution is 4.94. The largest absolute Gasteiger partial charge is 0.309 e. The fourth-order valence-corrected chi connectivity index (χ4v) is 3.23. The quantitative estimate of drug-likeness (QED) is 0.714. The summed E-state index contributed by atoms with van der Waals surface area (Å²) in [7, 11) is 0. The van der Waals surface area contributed by atoms with Crippen LogP contribution in [0.3, 0.4) is 0 Å². The molecule has 2 heteroatoms. The minimum absolute atomic E-state index is 0.328. The van der Waals surface area contributed by atoms with Gasteiger partial charge in [0.05, 0.1) is 0 Å². The van der Waals surface area contributed by atoms with Gasteiger partial charge in [-0.25, -0.2) is 0 Å². The fourth-order valence-electron chi connectivity index (χ4n) is 3.23. The van der Waals surface area contributed by atoms with Gasteiger partial charge in [-0.2, -0.15) is 0 Å². The van der Waals surface area contributed by atoms with E-state index in [1.54, 1.807) is 0 Å². The van der Waals surface area contributed by atoms with Gasteiger partial charge in [-0.15, -0.1) is 0 Å². The Morgan fingerprint density at radius 3 is 2.53 bits per heavy atom. The number of hydrogen-bond acceptors (Lipinski definition) is 2. The van der Waals surface area contributed by atoms with Crippen LogP contribution in [0, 0.1) is 5.92 Å². The third-order valence-electron chi connectivity index (χ3n) is 5.12. The van der Waals surface area contributed by atoms with Crippen LogP contribution in [0.5, 0.6) is 0 Å². The van der Waals surface area contributed by atoms with Gasteiger partial charge in [0, 0.05) is 31.2 Å². The number of unbranched alkanes of at least 4 members (excludes halogenated alkanes) is 1. The summed E-state index contributed by atoms with van der Waals surface area (Å²) in [6.45, 7) is 15.4. The molecule has 1 N–H and O–H groups in total. The molecule has 1 rings (SSSR count). The molecule has 1 heterocycles. The third-order valence-corrected chi connectivity index (χ3v) is 5.12. The first-order valence-corrected chi connectivity index (χ1v) is 8.57. The molecule has 1 fully saturated rings. The van der Waals surface area contributed by atoms with Crippen molar-refractivity contribution in [3.8, 4) is 0 Å². The van der Waals surface area contributed by atoms with Gasteiger partial charge in [-0.1, -0.05) is 47.0 Å². The minimum Gasteiger partial charge on any atom is -0.309 e. The van der Waals surface area contributed by atoms with Crippen LogP contribution in [-0.4, -0.2) is 36.1 Å². The topological polar surface area (TPSA) is 15.3 Å². The summed E-state index contributed by atoms with van der Waals surface area (Å²) >= 11 is 0. The highest BCUT2D eigenvalue weighted by Gasteiger charge is 2.34. The zero-order chi connectivity index (χ0) is 14.3. The lowest BCUT2D eigenvalue weighted by Gasteiger charge is -2.47. The smallest absolute Gasteiger partial charge is 0.0278 e. The average molecular weight is 268 g/mol. The molecule has 0 amide bonds. The molecule has 0 radical (unpaired) electrons. The predicted molar refractivity (Wildman–Crippen MR) is 85.7 cm³/mol. The van der Waals surface area contributed by atoms with Crippen LogP contribution in [0.25, 0.3) is 0 Å². The fraction of sp³-hybridized carbons (Fsp3) is 1.00. The molecular weight excluding hydrogens is 232 g/mol. The lowest BCUT2D eigenvalue weighted by atomic mass is 9.90. The summed E-state index contributed by atoms with van der Waals surface area (Å²) in [6.07, 6.45) is 7.98. The Kier molecular flexibility index (Phi) is 7.38. The Morgan fingerprint density at radius 2 is 2.00 bits per heavy atom. The van der Waals surface area contributed by atoms with Crippen molar-refractivity contribution in [1.82, 2.24) is 10.2 Å². The van der Waals surface area contributed by atoms with Crippen molar-refractivity contribution in [2.45, 2.75) is 84.7 Å². The Hall–Kier alpha value is -0.0800. The number of piperazine rings is 1. The lowest BCUT2D eigenvalue weighted by molar-refractivity contribution is 0.0650. The average Bonchev–Trinajstić information content (AvgIpc) is 2.43. The molecule has 1 aliphatic rings. The molecule has 2 nitrogen and oxygen atoms in total. The van der Waals surface area contributed by atoms with Crippen molar-refractivity contribution in [2.75, 3.05) is 19.6 Å². The summed E-state index contributed by atoms with van der Waals surface area (Å²) in [4.78, 5) is 2.78. The maximum atomic E-state index is 3.77. The lowest BCUT2D eigenvalue weighted by Crippen LogP contribution is -2.63. The highest BCUT2D eigenvalue weighted by Crippen LogP contribution is 2.23. The molecule has 3 unspecified atom stereocenters. The van der Waals surface area contributed by atoms with Crippen molar-refractivity contribution in [2.24, 2.45) is 5.92 Å². The molecule has 0 aromatic rings. The molecule has 0 aliphatic carbocycles. The van der Waals surface area contributed by atoms with E-state index in [0.717, 1.165) is 12.0 Å². The first kappa shape index (κ1) is 17.0. The van der Waals surface area contributed by atoms with Crippen LogP contribution < -0.4 is 5.32 Å². The SMILES string of the molecule is CCCCC(CC)CN1CC(C)(CC)NCC1CC. The van der Waals surface area contributed by atoms with Crippen LogP contribution in [0.4, 0.5) is 0 Å². The zero-order valence-electron chi connectivity index (χ0n) is 14.0. The maximum absolute atomic E-state index is 3.77. The second kappa shape index (κ2) is 8.26. The van der Waals surface area contributed by atoms with Crippen LogP contribution in [0.2, 0.25) is 0 Å². The van der Waals surface area contributed by atoms with Gasteiger partial charge < -0.3 is 5.32 Å². The number of rotatable bonds is 8. The summed E-state index contributed by atoms with van der Waals surface area (Å²) < 4.78 is 0. The van der Waals surface area contributed by atoms with E-state index in [2.05, 4.69) is 44.8 Å². The first-order chi connectivity index (χ1) is 9.08. The highest BCUT2D eigenvalue weighted by atomic mass is 15.2. The van der Waals surface area contributed by atoms with Gasteiger partial charge in [0.1, 0.15) is 0 Å². The number of nitrogens with zero attached hydrogens (tertiary/aromatic N) is 1. The summed E-state index contributed by atoms with van der Waals surface area (Å²) in [6, 6.07) is 0.746. The molecule has 1 saturated heterocycles. The second-order valence-corrected chi connectivity index (χ2v) is 6.70. The van der Waals surface area contributed by atoms with Gasteiger partial charge in [0.2, 0.25) is 0 Å². The van der Waals surface area contributed by atoms with E-state index in [1.165, 1.54) is 58.2 Å². The Bertz CT molecular complexity index is 241. The van der Waals surface area contributed by atoms with Crippen molar-refractivity contribution in [1.29, 1.82) is 0 Å². The van der Waals surface area contributed by atoms with E-state index in [9.17, 15) is 0 Å². The molecule has 19 heavy (non-hydrogen) atoms. The van der Waals surface area contributed by atoms with Gasteiger partial charge in [-0.05, 0) is 32.1 Å². The molecule has 0 spiro atoms. The molecule has 0 aromatic carbocycles. The van der Waals surface area contributed by atoms with E-state index >= 15 is 0 Å². The van der Waals surface area contributed by atoms with E-state index in [1.807, 2.05) is 0 Å². The molecule has 114 valence electrons. The number of hydrogen-bond donors (Lipinski definition) is 1. The van der Waals surface area contributed by atoms with Crippen LogP contribution in [-0.2, 0) is 0 Å². The first-order valence-electron chi connectivity index (χ1n) is 8.57. The van der Waals surface area contributed by atoms with E-state index in [4.69, 9.17) is 0 Å². The van der Waals surface area contributed by atoms with Crippen LogP contribution in [0.1, 0.15) is 73.1 Å². The van der Waals surface area contributed by atoms with Crippen LogP contribution >= 0.6 is 0 Å². The molecular formula is C17H36N2. The second-order valence-electron chi connectivity index (χ2n) is 6.70. The Morgan fingerprint density at radius 1 is 1.26 bits per heavy atom. The van der Waals surface area contributed by atoms with Crippen molar-refractivity contribution in [3.05, 3.63) is 0 Å². The summed E-state index contributed by atoms with van der Waals surface area (Å²) in [5.41, 5.74) is 0.328. The molecule has 0 saturated carbocycles. The van der Waals surface area contributed by atoms with E-state index in [0.29, 0.717) is 5.54 Å². The number of nitrogens with one attached hydrogen (secondary N) is 1. The summed E-state index contributed by atoms with van der Waals surface area (Å²) in [5, 5.41) is 3.77. The van der Waals surface area contributed by atoms with Crippen molar-refractivity contribution >= 4 is 0 Å². The molecule has 1 aliphatic heterocycles. The standard InChI is InChI=1S/C17H36N2/c1-6-10-11-15(7-2)13-19-14-17(5,9-4)18-12-16(19)8-3/h15-16,18H,6-14H2,1-5H3. The van der Waals surface area contributed by atoms with Crippen LogP contribution in [0.15, 0.2) is 0 Å². The monoisotopic (exact) mass is 268 g/mol. The van der Waals surface area contributed by atoms with E-state index < -0.39 is 0 Å². The van der Waals surface area contributed by atoms with Gasteiger partial charge in [0.25, 0.3) is 0 Å². The Labute approximate surface area is 121 Å². The minimum atomic E-state index is 0.328. The molecule has 0 aromatic heterocycles. The molecule has 0 bridgehead atoms. The Balaban J connectivity index is 2.59.